The summed E-state index contributed by atoms with van der Waals surface area (Å²) < 4.78 is 30.3. The second-order valence-electron chi connectivity index (χ2n) is 21.9. The summed E-state index contributed by atoms with van der Waals surface area (Å²) in [6.45, 7) is 6.82. The number of ether oxygens (including phenoxy) is 1. The third kappa shape index (κ3) is 52.8. The number of allylic oxidation sites excluding steroid dienone is 7. The van der Waals surface area contributed by atoms with Gasteiger partial charge >= 0.3 is 5.97 Å². The van der Waals surface area contributed by atoms with Gasteiger partial charge in [0.15, 0.2) is 0 Å². The smallest absolute Gasteiger partial charge is 0.306 e. The number of hydrogen-bond acceptors (Lipinski definition) is 7. The van der Waals surface area contributed by atoms with E-state index in [1.807, 2.05) is 33.3 Å². The molecule has 0 saturated heterocycles. The van der Waals surface area contributed by atoms with Crippen LogP contribution >= 0.6 is 7.82 Å². The van der Waals surface area contributed by atoms with Gasteiger partial charge in [-0.15, -0.1) is 0 Å². The molecule has 1 amide bonds. The quantitative estimate of drug-likeness (QED) is 0.0212. The number of phosphoric ester groups is 1. The molecule has 0 fully saturated rings. The van der Waals surface area contributed by atoms with Crippen molar-refractivity contribution >= 4 is 19.7 Å². The van der Waals surface area contributed by atoms with Crippen molar-refractivity contribution < 1.29 is 37.3 Å². The molecule has 422 valence electrons. The highest BCUT2D eigenvalue weighted by Crippen LogP contribution is 2.38. The molecule has 3 atom stereocenters. The van der Waals surface area contributed by atoms with Crippen LogP contribution in [-0.4, -0.2) is 69.4 Å². The van der Waals surface area contributed by atoms with Gasteiger partial charge in [-0.25, -0.2) is 0 Å². The second-order valence-corrected chi connectivity index (χ2v) is 23.3. The summed E-state index contributed by atoms with van der Waals surface area (Å²) in [5.74, 6) is -0.547. The number of carbonyl (C=O) groups is 2. The summed E-state index contributed by atoms with van der Waals surface area (Å²) in [5, 5.41) is 3.02. The number of quaternary nitrogens is 1. The molecule has 72 heavy (non-hydrogen) atoms. The Labute approximate surface area is 446 Å². The molecule has 0 aliphatic heterocycles. The van der Waals surface area contributed by atoms with Crippen molar-refractivity contribution in [2.45, 2.75) is 296 Å². The molecule has 0 bridgehead atoms. The van der Waals surface area contributed by atoms with Gasteiger partial charge in [0.05, 0.1) is 33.8 Å². The molecule has 9 nitrogen and oxygen atoms in total. The summed E-state index contributed by atoms with van der Waals surface area (Å²) >= 11 is 0. The van der Waals surface area contributed by atoms with E-state index in [4.69, 9.17) is 13.8 Å². The van der Waals surface area contributed by atoms with Crippen LogP contribution in [0.5, 0.6) is 0 Å². The summed E-state index contributed by atoms with van der Waals surface area (Å²) in [6, 6.07) is -0.890. The van der Waals surface area contributed by atoms with Gasteiger partial charge in [-0.1, -0.05) is 250 Å². The lowest BCUT2D eigenvalue weighted by molar-refractivity contribution is -0.870. The number of hydrogen-bond donors (Lipinski definition) is 1. The molecule has 0 rings (SSSR count). The number of phosphoric acid groups is 1. The molecule has 10 heteroatoms. The lowest BCUT2D eigenvalue weighted by atomic mass is 10.0. The number of esters is 1. The molecule has 0 aromatic heterocycles. The van der Waals surface area contributed by atoms with Crippen LogP contribution in [0.3, 0.4) is 0 Å². The highest BCUT2D eigenvalue weighted by atomic mass is 31.2. The number of rotatable bonds is 55. The Hall–Kier alpha value is -2.03. The Bertz CT molecular complexity index is 1380. The van der Waals surface area contributed by atoms with Gasteiger partial charge in [-0.05, 0) is 70.3 Å². The van der Waals surface area contributed by atoms with Crippen LogP contribution in [0.25, 0.3) is 0 Å². The van der Waals surface area contributed by atoms with E-state index >= 15 is 0 Å². The SMILES string of the molecule is CCCCC/C=C\C/C=C\C/C=C\CCCCCCCCC(=O)OC(/C=C/CCCCCCCCCCC)C(COP(=O)([O-])OCC[N+](C)(C)C)NC(=O)CCCCCCCCCCCCCCCCCC. The van der Waals surface area contributed by atoms with Gasteiger partial charge in [-0.2, -0.15) is 0 Å². The van der Waals surface area contributed by atoms with Crippen LogP contribution in [-0.2, 0) is 27.9 Å². The minimum absolute atomic E-state index is 0.0236. The largest absolute Gasteiger partial charge is 0.756 e. The average molecular weight is 1030 g/mol. The maximum absolute atomic E-state index is 13.5. The fourth-order valence-electron chi connectivity index (χ4n) is 8.76. The van der Waals surface area contributed by atoms with Gasteiger partial charge in [-0.3, -0.25) is 14.2 Å². The predicted molar refractivity (Wildman–Crippen MR) is 307 cm³/mol. The number of nitrogens with zero attached hydrogens (tertiary/aromatic N) is 1. The normalized spacial score (nSPS) is 14.0. The van der Waals surface area contributed by atoms with Crippen molar-refractivity contribution in [3.63, 3.8) is 0 Å². The highest BCUT2D eigenvalue weighted by Gasteiger charge is 2.27. The van der Waals surface area contributed by atoms with Gasteiger partial charge in [0, 0.05) is 12.8 Å². The summed E-state index contributed by atoms with van der Waals surface area (Å²) in [7, 11) is 1.18. The first-order valence-corrected chi connectivity index (χ1v) is 31.9. The molecular formula is C62H117N2O7P. The van der Waals surface area contributed by atoms with E-state index in [0.717, 1.165) is 83.5 Å². The average Bonchev–Trinajstić information content (AvgIpc) is 3.34. The van der Waals surface area contributed by atoms with E-state index in [0.29, 0.717) is 17.4 Å². The van der Waals surface area contributed by atoms with Crippen molar-refractivity contribution in [2.24, 2.45) is 0 Å². The van der Waals surface area contributed by atoms with Gasteiger partial charge in [0.1, 0.15) is 19.3 Å². The number of unbranched alkanes of at least 4 members (excludes halogenated alkanes) is 33. The van der Waals surface area contributed by atoms with Crippen molar-refractivity contribution in [2.75, 3.05) is 40.9 Å². The van der Waals surface area contributed by atoms with E-state index in [1.54, 1.807) is 0 Å². The Morgan fingerprint density at radius 2 is 0.847 bits per heavy atom. The Morgan fingerprint density at radius 3 is 1.29 bits per heavy atom. The highest BCUT2D eigenvalue weighted by molar-refractivity contribution is 7.45. The van der Waals surface area contributed by atoms with E-state index in [2.05, 4.69) is 62.5 Å². The maximum atomic E-state index is 13.5. The second kappa shape index (κ2) is 52.4. The fraction of sp³-hybridized carbons (Fsp3) is 0.839. The van der Waals surface area contributed by atoms with E-state index in [9.17, 15) is 19.0 Å². The molecule has 0 aromatic rings. The lowest BCUT2D eigenvalue weighted by Gasteiger charge is -2.30. The zero-order chi connectivity index (χ0) is 52.9. The van der Waals surface area contributed by atoms with Gasteiger partial charge in [0.25, 0.3) is 7.82 Å². The molecular weight excluding hydrogens is 916 g/mol. The number of carbonyl (C=O) groups excluding carboxylic acids is 2. The number of amides is 1. The van der Waals surface area contributed by atoms with Crippen molar-refractivity contribution in [1.29, 1.82) is 0 Å². The molecule has 3 unspecified atom stereocenters. The third-order valence-corrected chi connectivity index (χ3v) is 14.5. The summed E-state index contributed by atoms with van der Waals surface area (Å²) in [4.78, 5) is 39.9. The molecule has 0 aliphatic rings. The monoisotopic (exact) mass is 1030 g/mol. The molecule has 0 spiro atoms. The zero-order valence-electron chi connectivity index (χ0n) is 48.1. The van der Waals surface area contributed by atoms with Crippen LogP contribution in [0.4, 0.5) is 0 Å². The van der Waals surface area contributed by atoms with Gasteiger partial charge in [0.2, 0.25) is 5.91 Å². The number of nitrogens with one attached hydrogen (secondary N) is 1. The molecule has 0 heterocycles. The van der Waals surface area contributed by atoms with Crippen molar-refractivity contribution in [3.05, 3.63) is 48.6 Å². The van der Waals surface area contributed by atoms with Crippen molar-refractivity contribution in [1.82, 2.24) is 5.32 Å². The molecule has 0 saturated carbocycles. The van der Waals surface area contributed by atoms with Crippen molar-refractivity contribution in [3.8, 4) is 0 Å². The number of likely N-dealkylation sites (N-methyl/N-ethyl adjacent to an activating group) is 1. The molecule has 0 aliphatic carbocycles. The Balaban J connectivity index is 5.26. The first-order chi connectivity index (χ1) is 34.9. The minimum Gasteiger partial charge on any atom is -0.756 e. The Morgan fingerprint density at radius 1 is 0.486 bits per heavy atom. The van der Waals surface area contributed by atoms with Crippen LogP contribution in [0.2, 0.25) is 0 Å². The Kier molecular flexibility index (Phi) is 50.9. The topological polar surface area (TPSA) is 114 Å². The van der Waals surface area contributed by atoms with Crippen LogP contribution in [0, 0.1) is 0 Å². The van der Waals surface area contributed by atoms with Crippen LogP contribution in [0.15, 0.2) is 48.6 Å². The molecule has 0 aromatic carbocycles. The predicted octanol–water partition coefficient (Wildman–Crippen LogP) is 17.9. The van der Waals surface area contributed by atoms with Crippen LogP contribution in [0.1, 0.15) is 284 Å². The minimum atomic E-state index is -4.70. The first kappa shape index (κ1) is 70.0. The zero-order valence-corrected chi connectivity index (χ0v) is 49.0. The van der Waals surface area contributed by atoms with E-state index in [1.165, 1.54) is 167 Å². The standard InChI is InChI=1S/C62H117N2O7P/c1-7-10-13-16-19-22-25-27-29-31-32-33-35-37-40-43-46-49-52-55-62(66)71-60(53-50-47-44-41-38-24-21-18-15-12-9-3)59(58-70-72(67,68)69-57-56-64(4,5)6)63-61(65)54-51-48-45-42-39-36-34-30-28-26-23-20-17-14-11-8-2/h19,22,27,29,32-33,50,53,59-60H,7-18,20-21,23-26,28,30-31,34-49,51-52,54-58H2,1-6H3,(H-,63,65,67,68)/b22-19-,29-27-,33-32-,53-50+. The molecule has 0 radical (unpaired) electrons. The van der Waals surface area contributed by atoms with Crippen LogP contribution < -0.4 is 10.2 Å². The van der Waals surface area contributed by atoms with E-state index < -0.39 is 20.0 Å². The van der Waals surface area contributed by atoms with Gasteiger partial charge < -0.3 is 28.5 Å². The first-order valence-electron chi connectivity index (χ1n) is 30.4. The fourth-order valence-corrected chi connectivity index (χ4v) is 9.49. The molecule has 1 N–H and O–H groups in total. The summed E-state index contributed by atoms with van der Waals surface area (Å²) in [6.07, 6.45) is 63.5. The third-order valence-electron chi connectivity index (χ3n) is 13.5. The van der Waals surface area contributed by atoms with E-state index in [-0.39, 0.29) is 31.5 Å². The summed E-state index contributed by atoms with van der Waals surface area (Å²) in [5.41, 5.74) is 0. The maximum Gasteiger partial charge on any atom is 0.306 e. The lowest BCUT2D eigenvalue weighted by Crippen LogP contribution is -2.47.